The Morgan fingerprint density at radius 3 is 2.55 bits per heavy atom. The number of carboxylic acids is 1. The summed E-state index contributed by atoms with van der Waals surface area (Å²) in [5, 5.41) is 22.6. The SMILES string of the molecule is CCc1oc2ccccc2c1CN(C)Cc1nnc(C2CNC2)s1.O=C(O)C(F)(F)F. The predicted molar refractivity (Wildman–Crippen MR) is 110 cm³/mol. The van der Waals surface area contributed by atoms with Gasteiger partial charge in [-0.05, 0) is 13.1 Å². The molecule has 1 aliphatic rings. The lowest BCUT2D eigenvalue weighted by Crippen LogP contribution is -2.39. The maximum atomic E-state index is 10.6. The number of fused-ring (bicyclic) bond motifs is 1. The van der Waals surface area contributed by atoms with Crippen LogP contribution in [0.4, 0.5) is 13.2 Å². The van der Waals surface area contributed by atoms with Crippen LogP contribution in [0.5, 0.6) is 0 Å². The summed E-state index contributed by atoms with van der Waals surface area (Å²) >= 11 is 1.74. The molecule has 2 aromatic heterocycles. The molecule has 1 saturated heterocycles. The second-order valence-corrected chi connectivity index (χ2v) is 8.31. The topological polar surface area (TPSA) is 91.5 Å². The van der Waals surface area contributed by atoms with E-state index in [9.17, 15) is 13.2 Å². The Labute approximate surface area is 180 Å². The van der Waals surface area contributed by atoms with Crippen LogP contribution in [0.2, 0.25) is 0 Å². The number of benzene rings is 1. The van der Waals surface area contributed by atoms with Crippen LogP contribution in [0.3, 0.4) is 0 Å². The summed E-state index contributed by atoms with van der Waals surface area (Å²) in [4.78, 5) is 11.2. The van der Waals surface area contributed by atoms with Crippen LogP contribution >= 0.6 is 11.3 Å². The van der Waals surface area contributed by atoms with Gasteiger partial charge in [0.1, 0.15) is 21.4 Å². The molecule has 1 aliphatic heterocycles. The average Bonchev–Trinajstić information content (AvgIpc) is 3.25. The molecule has 0 bridgehead atoms. The first-order valence-electron chi connectivity index (χ1n) is 9.70. The number of carbonyl (C=O) groups is 1. The summed E-state index contributed by atoms with van der Waals surface area (Å²) < 4.78 is 37.7. The highest BCUT2D eigenvalue weighted by atomic mass is 32.1. The van der Waals surface area contributed by atoms with E-state index in [1.165, 1.54) is 16.0 Å². The number of nitrogens with one attached hydrogen (secondary N) is 1. The molecule has 0 amide bonds. The van der Waals surface area contributed by atoms with E-state index in [0.717, 1.165) is 49.0 Å². The summed E-state index contributed by atoms with van der Waals surface area (Å²) in [6.07, 6.45) is -4.17. The highest BCUT2D eigenvalue weighted by Crippen LogP contribution is 2.28. The van der Waals surface area contributed by atoms with Crippen LogP contribution in [-0.4, -0.2) is 52.5 Å². The van der Waals surface area contributed by atoms with Crippen LogP contribution in [0.1, 0.15) is 34.2 Å². The van der Waals surface area contributed by atoms with Gasteiger partial charge in [-0.15, -0.1) is 10.2 Å². The molecule has 168 valence electrons. The number of hydrogen-bond donors (Lipinski definition) is 2. The smallest absolute Gasteiger partial charge is 0.475 e. The highest BCUT2D eigenvalue weighted by molar-refractivity contribution is 7.11. The second-order valence-electron chi connectivity index (χ2n) is 7.22. The van der Waals surface area contributed by atoms with Crippen LogP contribution in [0, 0.1) is 0 Å². The summed E-state index contributed by atoms with van der Waals surface area (Å²) in [7, 11) is 2.13. The summed E-state index contributed by atoms with van der Waals surface area (Å²) in [6.45, 7) is 5.89. The Kier molecular flexibility index (Phi) is 7.29. The molecule has 0 spiro atoms. The number of aromatic nitrogens is 2. The molecule has 0 aliphatic carbocycles. The van der Waals surface area contributed by atoms with Crippen molar-refractivity contribution < 1.29 is 27.5 Å². The van der Waals surface area contributed by atoms with Gasteiger partial charge in [-0.2, -0.15) is 13.2 Å². The van der Waals surface area contributed by atoms with Crippen LogP contribution in [0.25, 0.3) is 11.0 Å². The van der Waals surface area contributed by atoms with Gasteiger partial charge in [-0.3, -0.25) is 4.90 Å². The molecule has 0 saturated carbocycles. The molecule has 0 atom stereocenters. The molecule has 7 nitrogen and oxygen atoms in total. The van der Waals surface area contributed by atoms with E-state index in [0.29, 0.717) is 5.92 Å². The van der Waals surface area contributed by atoms with E-state index in [1.54, 1.807) is 11.3 Å². The van der Waals surface area contributed by atoms with Crippen LogP contribution in [0.15, 0.2) is 28.7 Å². The Hall–Kier alpha value is -2.50. The Balaban J connectivity index is 0.000000339. The zero-order valence-electron chi connectivity index (χ0n) is 17.1. The molecule has 4 rings (SSSR count). The maximum absolute atomic E-state index is 10.6. The lowest BCUT2D eigenvalue weighted by atomic mass is 10.1. The van der Waals surface area contributed by atoms with Gasteiger partial charge >= 0.3 is 12.1 Å². The monoisotopic (exact) mass is 456 g/mol. The fraction of sp³-hybridized carbons (Fsp3) is 0.450. The number of aliphatic carboxylic acids is 1. The van der Waals surface area contributed by atoms with Gasteiger partial charge in [-0.1, -0.05) is 36.5 Å². The van der Waals surface area contributed by atoms with E-state index in [4.69, 9.17) is 14.3 Å². The third-order valence-corrected chi connectivity index (χ3v) is 5.86. The minimum atomic E-state index is -5.08. The van der Waals surface area contributed by atoms with Gasteiger partial charge in [0, 0.05) is 42.9 Å². The van der Waals surface area contributed by atoms with E-state index in [1.807, 2.05) is 12.1 Å². The summed E-state index contributed by atoms with van der Waals surface area (Å²) in [5.41, 5.74) is 2.27. The Morgan fingerprint density at radius 2 is 1.97 bits per heavy atom. The highest BCUT2D eigenvalue weighted by Gasteiger charge is 2.38. The molecule has 2 N–H and O–H groups in total. The van der Waals surface area contributed by atoms with Crippen molar-refractivity contribution in [3.8, 4) is 0 Å². The number of carboxylic acid groups (broad SMARTS) is 1. The van der Waals surface area contributed by atoms with Crippen molar-refractivity contribution in [2.75, 3.05) is 20.1 Å². The van der Waals surface area contributed by atoms with Gasteiger partial charge < -0.3 is 14.8 Å². The number of rotatable bonds is 6. The zero-order chi connectivity index (χ0) is 22.6. The fourth-order valence-electron chi connectivity index (χ4n) is 3.12. The number of aryl methyl sites for hydroxylation is 1. The molecule has 0 unspecified atom stereocenters. The maximum Gasteiger partial charge on any atom is 0.490 e. The number of alkyl halides is 3. The average molecular weight is 456 g/mol. The van der Waals surface area contributed by atoms with Gasteiger partial charge in [0.15, 0.2) is 0 Å². The van der Waals surface area contributed by atoms with Gasteiger partial charge in [0.05, 0.1) is 6.54 Å². The molecule has 11 heteroatoms. The fourth-order valence-corrected chi connectivity index (χ4v) is 4.15. The molecule has 31 heavy (non-hydrogen) atoms. The first-order chi connectivity index (χ1) is 14.7. The number of para-hydroxylation sites is 1. The normalized spacial score (nSPS) is 14.4. The minimum absolute atomic E-state index is 0.561. The lowest BCUT2D eigenvalue weighted by Gasteiger charge is -2.24. The van der Waals surface area contributed by atoms with Crippen molar-refractivity contribution >= 4 is 28.3 Å². The molecular formula is C20H23F3N4O3S. The van der Waals surface area contributed by atoms with Gasteiger partial charge in [-0.25, -0.2) is 4.79 Å². The largest absolute Gasteiger partial charge is 0.490 e. The van der Waals surface area contributed by atoms with Crippen molar-refractivity contribution in [2.24, 2.45) is 0 Å². The van der Waals surface area contributed by atoms with E-state index in [-0.39, 0.29) is 0 Å². The first-order valence-corrected chi connectivity index (χ1v) is 10.5. The van der Waals surface area contributed by atoms with Crippen LogP contribution in [-0.2, 0) is 24.3 Å². The minimum Gasteiger partial charge on any atom is -0.475 e. The molecule has 3 heterocycles. The summed E-state index contributed by atoms with van der Waals surface area (Å²) in [6, 6.07) is 8.29. The summed E-state index contributed by atoms with van der Waals surface area (Å²) in [5.74, 6) is -1.11. The Bertz CT molecular complexity index is 1030. The lowest BCUT2D eigenvalue weighted by molar-refractivity contribution is -0.192. The molecule has 0 radical (unpaired) electrons. The number of furan rings is 1. The van der Waals surface area contributed by atoms with E-state index < -0.39 is 12.1 Å². The third kappa shape index (κ3) is 5.81. The van der Waals surface area contributed by atoms with E-state index in [2.05, 4.69) is 46.5 Å². The Morgan fingerprint density at radius 1 is 1.29 bits per heavy atom. The predicted octanol–water partition coefficient (Wildman–Crippen LogP) is 3.80. The molecule has 3 aromatic rings. The number of hydrogen-bond acceptors (Lipinski definition) is 7. The number of nitrogens with zero attached hydrogens (tertiary/aromatic N) is 3. The second kappa shape index (κ2) is 9.75. The van der Waals surface area contributed by atoms with Crippen LogP contribution < -0.4 is 5.32 Å². The standard InChI is InChI=1S/C18H22N4OS.C2HF3O2/c1-3-15-14(13-6-4-5-7-16(13)23-15)10-22(2)11-17-20-21-18(24-17)12-8-19-9-12;3-2(4,5)1(6)7/h4-7,12,19H,3,8-11H2,1-2H3;(H,6,7). The van der Waals surface area contributed by atoms with Crippen molar-refractivity contribution in [1.82, 2.24) is 20.4 Å². The molecule has 1 aromatic carbocycles. The van der Waals surface area contributed by atoms with Crippen molar-refractivity contribution in [3.05, 3.63) is 45.6 Å². The van der Waals surface area contributed by atoms with Crippen molar-refractivity contribution in [2.45, 2.75) is 38.5 Å². The van der Waals surface area contributed by atoms with Gasteiger partial charge in [0.25, 0.3) is 0 Å². The zero-order valence-corrected chi connectivity index (χ0v) is 17.9. The van der Waals surface area contributed by atoms with Crippen molar-refractivity contribution in [3.63, 3.8) is 0 Å². The first kappa shape index (κ1) is 23.2. The quantitative estimate of drug-likeness (QED) is 0.583. The van der Waals surface area contributed by atoms with Crippen molar-refractivity contribution in [1.29, 1.82) is 0 Å². The van der Waals surface area contributed by atoms with Gasteiger partial charge in [0.2, 0.25) is 0 Å². The third-order valence-electron chi connectivity index (χ3n) is 4.79. The molecular weight excluding hydrogens is 433 g/mol. The number of halogens is 3. The molecule has 1 fully saturated rings. The van der Waals surface area contributed by atoms with E-state index >= 15 is 0 Å².